The molecule has 1 N–H and O–H groups in total. The fourth-order valence-electron chi connectivity index (χ4n) is 2.82. The van der Waals surface area contributed by atoms with Gasteiger partial charge in [0.25, 0.3) is 0 Å². The average molecular weight is 358 g/mol. The van der Waals surface area contributed by atoms with Crippen LogP contribution >= 0.6 is 0 Å². The SMILES string of the molecule is CCCCCCCCCN(CCCCCC(=O)OCCC)CC(=O)O. The van der Waals surface area contributed by atoms with Gasteiger partial charge in [0.15, 0.2) is 0 Å². The molecular weight excluding hydrogens is 318 g/mol. The van der Waals surface area contributed by atoms with Crippen LogP contribution < -0.4 is 0 Å². The summed E-state index contributed by atoms with van der Waals surface area (Å²) in [7, 11) is 0. The Bertz CT molecular complexity index is 334. The van der Waals surface area contributed by atoms with E-state index >= 15 is 0 Å². The van der Waals surface area contributed by atoms with Crippen LogP contribution in [-0.2, 0) is 14.3 Å². The van der Waals surface area contributed by atoms with E-state index < -0.39 is 5.97 Å². The van der Waals surface area contributed by atoms with E-state index in [0.29, 0.717) is 13.0 Å². The molecule has 148 valence electrons. The van der Waals surface area contributed by atoms with Crippen LogP contribution in [-0.4, -0.2) is 48.2 Å². The minimum absolute atomic E-state index is 0.118. The molecule has 0 bridgehead atoms. The summed E-state index contributed by atoms with van der Waals surface area (Å²) in [5.41, 5.74) is 0. The topological polar surface area (TPSA) is 66.8 Å². The van der Waals surface area contributed by atoms with E-state index in [4.69, 9.17) is 9.84 Å². The van der Waals surface area contributed by atoms with Gasteiger partial charge in [-0.15, -0.1) is 0 Å². The fraction of sp³-hybridized carbons (Fsp3) is 0.900. The largest absolute Gasteiger partial charge is 0.480 e. The molecule has 0 aromatic carbocycles. The van der Waals surface area contributed by atoms with Gasteiger partial charge < -0.3 is 9.84 Å². The number of ether oxygens (including phenoxy) is 1. The molecule has 0 aromatic rings. The van der Waals surface area contributed by atoms with Gasteiger partial charge in [0.05, 0.1) is 13.2 Å². The first-order chi connectivity index (χ1) is 12.1. The molecule has 0 atom stereocenters. The lowest BCUT2D eigenvalue weighted by Gasteiger charge is -2.20. The van der Waals surface area contributed by atoms with Gasteiger partial charge in [0.2, 0.25) is 0 Å². The third-order valence-corrected chi connectivity index (χ3v) is 4.26. The highest BCUT2D eigenvalue weighted by Crippen LogP contribution is 2.09. The second kappa shape index (κ2) is 17.7. The van der Waals surface area contributed by atoms with Gasteiger partial charge in [-0.3, -0.25) is 14.5 Å². The highest BCUT2D eigenvalue weighted by Gasteiger charge is 2.09. The molecule has 0 aliphatic carbocycles. The molecule has 5 nitrogen and oxygen atoms in total. The third-order valence-electron chi connectivity index (χ3n) is 4.26. The molecule has 0 aromatic heterocycles. The zero-order chi connectivity index (χ0) is 18.8. The number of aliphatic carboxylic acids is 1. The van der Waals surface area contributed by atoms with E-state index in [1.54, 1.807) is 0 Å². The smallest absolute Gasteiger partial charge is 0.317 e. The molecule has 0 fully saturated rings. The maximum Gasteiger partial charge on any atom is 0.317 e. The first-order valence-corrected chi connectivity index (χ1v) is 10.2. The summed E-state index contributed by atoms with van der Waals surface area (Å²) in [5, 5.41) is 9.04. The second-order valence-electron chi connectivity index (χ2n) is 6.82. The minimum Gasteiger partial charge on any atom is -0.480 e. The van der Waals surface area contributed by atoms with E-state index in [1.807, 2.05) is 11.8 Å². The van der Waals surface area contributed by atoms with Crippen LogP contribution in [0, 0.1) is 0 Å². The summed E-state index contributed by atoms with van der Waals surface area (Å²) in [6.45, 7) is 6.48. The number of hydrogen-bond donors (Lipinski definition) is 1. The predicted molar refractivity (Wildman–Crippen MR) is 102 cm³/mol. The van der Waals surface area contributed by atoms with Crippen LogP contribution in [0.5, 0.6) is 0 Å². The van der Waals surface area contributed by atoms with E-state index in [1.165, 1.54) is 38.5 Å². The van der Waals surface area contributed by atoms with Crippen molar-refractivity contribution < 1.29 is 19.4 Å². The van der Waals surface area contributed by atoms with Crippen molar-refractivity contribution in [2.75, 3.05) is 26.2 Å². The lowest BCUT2D eigenvalue weighted by Crippen LogP contribution is -2.31. The van der Waals surface area contributed by atoms with Crippen molar-refractivity contribution in [1.82, 2.24) is 4.90 Å². The van der Waals surface area contributed by atoms with Crippen molar-refractivity contribution in [1.29, 1.82) is 0 Å². The summed E-state index contributed by atoms with van der Waals surface area (Å²) >= 11 is 0. The molecule has 5 heteroatoms. The Morgan fingerprint density at radius 2 is 1.36 bits per heavy atom. The van der Waals surface area contributed by atoms with Crippen molar-refractivity contribution in [3.63, 3.8) is 0 Å². The Labute approximate surface area is 154 Å². The van der Waals surface area contributed by atoms with Crippen molar-refractivity contribution in [3.05, 3.63) is 0 Å². The van der Waals surface area contributed by atoms with E-state index in [2.05, 4.69) is 6.92 Å². The fourth-order valence-corrected chi connectivity index (χ4v) is 2.82. The van der Waals surface area contributed by atoms with Crippen molar-refractivity contribution >= 4 is 11.9 Å². The van der Waals surface area contributed by atoms with Crippen molar-refractivity contribution in [2.24, 2.45) is 0 Å². The van der Waals surface area contributed by atoms with Gasteiger partial charge in [-0.05, 0) is 38.8 Å². The Morgan fingerprint density at radius 1 is 0.800 bits per heavy atom. The maximum atomic E-state index is 11.4. The number of rotatable bonds is 18. The van der Waals surface area contributed by atoms with Crippen LogP contribution in [0.15, 0.2) is 0 Å². The number of hydrogen-bond acceptors (Lipinski definition) is 4. The molecule has 0 rings (SSSR count). The van der Waals surface area contributed by atoms with E-state index in [0.717, 1.165) is 45.2 Å². The lowest BCUT2D eigenvalue weighted by atomic mass is 10.1. The van der Waals surface area contributed by atoms with Crippen molar-refractivity contribution in [2.45, 2.75) is 90.9 Å². The maximum absolute atomic E-state index is 11.4. The highest BCUT2D eigenvalue weighted by atomic mass is 16.5. The van der Waals surface area contributed by atoms with Crippen LogP contribution in [0.1, 0.15) is 90.9 Å². The first kappa shape index (κ1) is 23.9. The number of carbonyl (C=O) groups excluding carboxylic acids is 1. The van der Waals surface area contributed by atoms with Gasteiger partial charge in [-0.2, -0.15) is 0 Å². The van der Waals surface area contributed by atoms with E-state index in [9.17, 15) is 9.59 Å². The molecule has 0 radical (unpaired) electrons. The number of unbranched alkanes of at least 4 members (excludes halogenated alkanes) is 8. The molecule has 0 heterocycles. The van der Waals surface area contributed by atoms with Crippen LogP contribution in [0.25, 0.3) is 0 Å². The lowest BCUT2D eigenvalue weighted by molar-refractivity contribution is -0.143. The Morgan fingerprint density at radius 3 is 1.92 bits per heavy atom. The molecule has 0 saturated carbocycles. The van der Waals surface area contributed by atoms with Gasteiger partial charge in [0.1, 0.15) is 0 Å². The average Bonchev–Trinajstić information content (AvgIpc) is 2.58. The molecule has 0 aliphatic rings. The quantitative estimate of drug-likeness (QED) is 0.286. The number of carboxylic acid groups (broad SMARTS) is 1. The molecule has 0 saturated heterocycles. The standard InChI is InChI=1S/C20H39NO4/c1-3-5-6-7-8-9-12-15-21(18-19(22)23)16-13-10-11-14-20(24)25-17-4-2/h3-18H2,1-2H3,(H,22,23). The normalized spacial score (nSPS) is 11.0. The number of carbonyl (C=O) groups is 2. The molecular formula is C20H39NO4. The molecule has 0 unspecified atom stereocenters. The van der Waals surface area contributed by atoms with Gasteiger partial charge >= 0.3 is 11.9 Å². The van der Waals surface area contributed by atoms with Crippen LogP contribution in [0.3, 0.4) is 0 Å². The van der Waals surface area contributed by atoms with Crippen LogP contribution in [0.2, 0.25) is 0 Å². The summed E-state index contributed by atoms with van der Waals surface area (Å²) in [4.78, 5) is 24.4. The summed E-state index contributed by atoms with van der Waals surface area (Å²) in [6.07, 6.45) is 12.7. The molecule has 0 aliphatic heterocycles. The Balaban J connectivity index is 3.73. The molecule has 0 spiro atoms. The predicted octanol–water partition coefficient (Wildman–Crippen LogP) is 4.64. The Kier molecular flexibility index (Phi) is 16.9. The van der Waals surface area contributed by atoms with Crippen molar-refractivity contribution in [3.8, 4) is 0 Å². The van der Waals surface area contributed by atoms with Gasteiger partial charge in [0, 0.05) is 6.42 Å². The van der Waals surface area contributed by atoms with Gasteiger partial charge in [-0.1, -0.05) is 58.8 Å². The number of carboxylic acids is 1. The zero-order valence-electron chi connectivity index (χ0n) is 16.4. The highest BCUT2D eigenvalue weighted by molar-refractivity contribution is 5.69. The van der Waals surface area contributed by atoms with Gasteiger partial charge in [-0.25, -0.2) is 0 Å². The summed E-state index contributed by atoms with van der Waals surface area (Å²) in [5.74, 6) is -0.876. The summed E-state index contributed by atoms with van der Waals surface area (Å²) in [6, 6.07) is 0. The third kappa shape index (κ3) is 17.5. The number of esters is 1. The van der Waals surface area contributed by atoms with E-state index in [-0.39, 0.29) is 12.5 Å². The minimum atomic E-state index is -0.758. The second-order valence-corrected chi connectivity index (χ2v) is 6.82. The monoisotopic (exact) mass is 357 g/mol. The molecule has 0 amide bonds. The zero-order valence-corrected chi connectivity index (χ0v) is 16.4. The molecule has 25 heavy (non-hydrogen) atoms. The number of nitrogens with zero attached hydrogens (tertiary/aromatic N) is 1. The summed E-state index contributed by atoms with van der Waals surface area (Å²) < 4.78 is 5.04. The Hall–Kier alpha value is -1.10. The van der Waals surface area contributed by atoms with Crippen LogP contribution in [0.4, 0.5) is 0 Å². The first-order valence-electron chi connectivity index (χ1n) is 10.2.